The first kappa shape index (κ1) is 14.3. The second kappa shape index (κ2) is 6.36. The van der Waals surface area contributed by atoms with Crippen molar-refractivity contribution in [1.82, 2.24) is 10.2 Å². The molecule has 0 saturated heterocycles. The quantitative estimate of drug-likeness (QED) is 0.626. The number of rotatable bonds is 10. The van der Waals surface area contributed by atoms with Crippen molar-refractivity contribution in [3.05, 3.63) is 0 Å². The normalized spacial score (nSPS) is 23.3. The number of aliphatic hydroxyl groups excluding tert-OH is 1. The van der Waals surface area contributed by atoms with Gasteiger partial charge < -0.3 is 15.3 Å². The number of hydrogen-bond donors (Lipinski definition) is 2. The number of likely N-dealkylation sites (N-methyl/N-ethyl adjacent to an activating group) is 1. The maximum Gasteiger partial charge on any atom is 0.0628 e. The summed E-state index contributed by atoms with van der Waals surface area (Å²) in [5.41, 5.74) is -0.00901. The summed E-state index contributed by atoms with van der Waals surface area (Å²) in [5, 5.41) is 13.7. The van der Waals surface area contributed by atoms with E-state index in [4.69, 9.17) is 0 Å². The third kappa shape index (κ3) is 3.69. The molecular formula is C15H30N2O. The maximum absolute atomic E-state index is 9.94. The summed E-state index contributed by atoms with van der Waals surface area (Å²) in [6.45, 7) is 8.09. The second-order valence-corrected chi connectivity index (χ2v) is 6.23. The molecule has 18 heavy (non-hydrogen) atoms. The molecule has 0 aromatic heterocycles. The van der Waals surface area contributed by atoms with Crippen molar-refractivity contribution < 1.29 is 5.11 Å². The van der Waals surface area contributed by atoms with Gasteiger partial charge in [0.25, 0.3) is 0 Å². The molecule has 2 N–H and O–H groups in total. The minimum absolute atomic E-state index is 0.00901. The van der Waals surface area contributed by atoms with Crippen LogP contribution in [0.5, 0.6) is 0 Å². The lowest BCUT2D eigenvalue weighted by Gasteiger charge is -2.38. The first-order valence-corrected chi connectivity index (χ1v) is 7.85. The summed E-state index contributed by atoms with van der Waals surface area (Å²) >= 11 is 0. The molecule has 0 radical (unpaired) electrons. The van der Waals surface area contributed by atoms with E-state index in [2.05, 4.69) is 24.1 Å². The zero-order valence-corrected chi connectivity index (χ0v) is 12.1. The highest BCUT2D eigenvalue weighted by Gasteiger charge is 2.47. The van der Waals surface area contributed by atoms with Gasteiger partial charge in [-0.15, -0.1) is 0 Å². The fourth-order valence-corrected chi connectivity index (χ4v) is 2.92. The third-order valence-corrected chi connectivity index (χ3v) is 4.49. The zero-order valence-electron chi connectivity index (χ0n) is 12.1. The molecule has 0 heterocycles. The van der Waals surface area contributed by atoms with Crippen LogP contribution in [0.4, 0.5) is 0 Å². The molecule has 0 spiro atoms. The minimum Gasteiger partial charge on any atom is -0.394 e. The van der Waals surface area contributed by atoms with E-state index in [1.165, 1.54) is 45.1 Å². The molecule has 2 saturated carbocycles. The van der Waals surface area contributed by atoms with Crippen LogP contribution in [-0.4, -0.2) is 47.8 Å². The molecule has 0 aromatic rings. The highest BCUT2D eigenvalue weighted by atomic mass is 16.3. The van der Waals surface area contributed by atoms with Crippen molar-refractivity contribution >= 4 is 0 Å². The molecule has 3 heteroatoms. The zero-order chi connectivity index (χ0) is 13.0. The van der Waals surface area contributed by atoms with Crippen LogP contribution in [0.1, 0.15) is 52.4 Å². The molecule has 2 aliphatic rings. The Labute approximate surface area is 112 Å². The Kier molecular flexibility index (Phi) is 5.05. The molecule has 0 bridgehead atoms. The van der Waals surface area contributed by atoms with Crippen molar-refractivity contribution in [3.63, 3.8) is 0 Å². The van der Waals surface area contributed by atoms with Gasteiger partial charge in [-0.25, -0.2) is 0 Å². The maximum atomic E-state index is 9.94. The number of nitrogens with zero attached hydrogens (tertiary/aromatic N) is 1. The molecule has 2 fully saturated rings. The number of hydrogen-bond acceptors (Lipinski definition) is 3. The van der Waals surface area contributed by atoms with Crippen LogP contribution in [0, 0.1) is 5.92 Å². The van der Waals surface area contributed by atoms with Gasteiger partial charge in [-0.05, 0) is 51.1 Å². The van der Waals surface area contributed by atoms with Crippen molar-refractivity contribution in [3.8, 4) is 0 Å². The van der Waals surface area contributed by atoms with Crippen molar-refractivity contribution in [2.75, 3.05) is 26.2 Å². The van der Waals surface area contributed by atoms with E-state index in [-0.39, 0.29) is 5.54 Å². The lowest BCUT2D eigenvalue weighted by molar-refractivity contribution is 0.0901. The predicted octanol–water partition coefficient (Wildman–Crippen LogP) is 2.00. The van der Waals surface area contributed by atoms with E-state index in [9.17, 15) is 5.11 Å². The molecule has 106 valence electrons. The van der Waals surface area contributed by atoms with Gasteiger partial charge in [0.05, 0.1) is 12.1 Å². The number of unbranched alkanes of at least 4 members (excludes halogenated alkanes) is 1. The molecule has 0 aromatic carbocycles. The van der Waals surface area contributed by atoms with E-state index < -0.39 is 0 Å². The van der Waals surface area contributed by atoms with Crippen LogP contribution in [0.3, 0.4) is 0 Å². The van der Waals surface area contributed by atoms with Crippen molar-refractivity contribution in [1.29, 1.82) is 0 Å². The van der Waals surface area contributed by atoms with Gasteiger partial charge in [0.1, 0.15) is 0 Å². The highest BCUT2D eigenvalue weighted by molar-refractivity contribution is 5.06. The van der Waals surface area contributed by atoms with Gasteiger partial charge in [-0.2, -0.15) is 0 Å². The van der Waals surface area contributed by atoms with Gasteiger partial charge >= 0.3 is 0 Å². The fraction of sp³-hybridized carbons (Fsp3) is 1.00. The van der Waals surface area contributed by atoms with Crippen LogP contribution in [0.15, 0.2) is 0 Å². The smallest absolute Gasteiger partial charge is 0.0628 e. The Morgan fingerprint density at radius 2 is 1.94 bits per heavy atom. The number of aliphatic hydroxyl groups is 1. The summed E-state index contributed by atoms with van der Waals surface area (Å²) in [4.78, 5) is 2.52. The Bertz CT molecular complexity index is 251. The van der Waals surface area contributed by atoms with Gasteiger partial charge in [-0.3, -0.25) is 0 Å². The molecule has 1 unspecified atom stereocenters. The SMILES string of the molecule is CCCCN(CC)CC(CO)(NC1CC1)C1CC1. The molecule has 1 atom stereocenters. The lowest BCUT2D eigenvalue weighted by atomic mass is 9.92. The molecule has 0 aliphatic heterocycles. The molecular weight excluding hydrogens is 224 g/mol. The minimum atomic E-state index is -0.00901. The largest absolute Gasteiger partial charge is 0.394 e. The van der Waals surface area contributed by atoms with Crippen LogP contribution in [0.2, 0.25) is 0 Å². The Balaban J connectivity index is 1.93. The molecule has 0 amide bonds. The Morgan fingerprint density at radius 1 is 1.22 bits per heavy atom. The summed E-state index contributed by atoms with van der Waals surface area (Å²) in [7, 11) is 0. The van der Waals surface area contributed by atoms with Gasteiger partial charge in [0, 0.05) is 12.6 Å². The van der Waals surface area contributed by atoms with Gasteiger partial charge in [0.15, 0.2) is 0 Å². The van der Waals surface area contributed by atoms with Crippen molar-refractivity contribution in [2.45, 2.75) is 64.0 Å². The topological polar surface area (TPSA) is 35.5 Å². The van der Waals surface area contributed by atoms with Crippen LogP contribution >= 0.6 is 0 Å². The second-order valence-electron chi connectivity index (χ2n) is 6.23. The van der Waals surface area contributed by atoms with Crippen molar-refractivity contribution in [2.24, 2.45) is 5.92 Å². The van der Waals surface area contributed by atoms with E-state index in [0.717, 1.165) is 13.1 Å². The lowest BCUT2D eigenvalue weighted by Crippen LogP contribution is -2.58. The first-order chi connectivity index (χ1) is 8.74. The first-order valence-electron chi connectivity index (χ1n) is 7.85. The predicted molar refractivity (Wildman–Crippen MR) is 75.7 cm³/mol. The monoisotopic (exact) mass is 254 g/mol. The average Bonchev–Trinajstić information content (AvgIpc) is 3.25. The van der Waals surface area contributed by atoms with E-state index in [1.807, 2.05) is 0 Å². The third-order valence-electron chi connectivity index (χ3n) is 4.49. The van der Waals surface area contributed by atoms with Crippen LogP contribution < -0.4 is 5.32 Å². The summed E-state index contributed by atoms with van der Waals surface area (Å²) in [5.74, 6) is 0.707. The fourth-order valence-electron chi connectivity index (χ4n) is 2.92. The van der Waals surface area contributed by atoms with Gasteiger partial charge in [0.2, 0.25) is 0 Å². The Hall–Kier alpha value is -0.120. The van der Waals surface area contributed by atoms with Gasteiger partial charge in [-0.1, -0.05) is 20.3 Å². The summed E-state index contributed by atoms with van der Waals surface area (Å²) in [6.07, 6.45) is 7.72. The Morgan fingerprint density at radius 3 is 2.39 bits per heavy atom. The van der Waals surface area contributed by atoms with E-state index in [0.29, 0.717) is 18.6 Å². The standard InChI is InChI=1S/C15H30N2O/c1-3-5-10-17(4-2)11-15(12-18,13-6-7-13)16-14-8-9-14/h13-14,16,18H,3-12H2,1-2H3. The molecule has 3 nitrogen and oxygen atoms in total. The summed E-state index contributed by atoms with van der Waals surface area (Å²) < 4.78 is 0. The van der Waals surface area contributed by atoms with E-state index in [1.54, 1.807) is 0 Å². The van der Waals surface area contributed by atoms with Crippen LogP contribution in [-0.2, 0) is 0 Å². The highest BCUT2D eigenvalue weighted by Crippen LogP contribution is 2.41. The molecule has 2 rings (SSSR count). The summed E-state index contributed by atoms with van der Waals surface area (Å²) in [6, 6.07) is 0.683. The van der Waals surface area contributed by atoms with E-state index >= 15 is 0 Å². The van der Waals surface area contributed by atoms with Crippen LogP contribution in [0.25, 0.3) is 0 Å². The molecule has 2 aliphatic carbocycles. The average molecular weight is 254 g/mol. The number of nitrogens with one attached hydrogen (secondary N) is 1.